The van der Waals surface area contributed by atoms with E-state index in [4.69, 9.17) is 14.2 Å². The Morgan fingerprint density at radius 1 is 1.18 bits per heavy atom. The van der Waals surface area contributed by atoms with Crippen LogP contribution in [0, 0.1) is 11.8 Å². The molecule has 0 radical (unpaired) electrons. The minimum Gasteiger partial charge on any atom is -0.463 e. The quantitative estimate of drug-likeness (QED) is 0.326. The van der Waals surface area contributed by atoms with Gasteiger partial charge < -0.3 is 14.2 Å². The maximum absolute atomic E-state index is 11.1. The lowest BCUT2D eigenvalue weighted by Gasteiger charge is -2.29. The molecule has 0 spiro atoms. The average molecular weight is 308 g/mol. The second-order valence-electron chi connectivity index (χ2n) is 5.13. The zero-order valence-electron chi connectivity index (χ0n) is 13.5. The number of carbonyl (C=O) groups excluding carboxylic acids is 2. The Morgan fingerprint density at radius 2 is 1.95 bits per heavy atom. The van der Waals surface area contributed by atoms with Gasteiger partial charge in [-0.25, -0.2) is 0 Å². The Balaban J connectivity index is 2.60. The fourth-order valence-electron chi connectivity index (χ4n) is 2.00. The Bertz CT molecular complexity index is 457. The molecule has 0 aliphatic carbocycles. The highest BCUT2D eigenvalue weighted by molar-refractivity contribution is 5.66. The molecule has 0 aromatic rings. The van der Waals surface area contributed by atoms with Crippen LogP contribution >= 0.6 is 0 Å². The minimum atomic E-state index is -0.560. The van der Waals surface area contributed by atoms with Crippen LogP contribution in [-0.2, 0) is 23.8 Å². The molecule has 0 bridgehead atoms. The van der Waals surface area contributed by atoms with Crippen molar-refractivity contribution in [3.8, 4) is 11.8 Å². The molecule has 0 unspecified atom stereocenters. The van der Waals surface area contributed by atoms with Gasteiger partial charge in [-0.2, -0.15) is 0 Å². The molecule has 1 aliphatic rings. The van der Waals surface area contributed by atoms with Crippen molar-refractivity contribution < 1.29 is 23.8 Å². The van der Waals surface area contributed by atoms with Crippen molar-refractivity contribution in [3.05, 3.63) is 12.2 Å². The van der Waals surface area contributed by atoms with Gasteiger partial charge in [-0.3, -0.25) is 9.59 Å². The second kappa shape index (κ2) is 10.0. The lowest BCUT2D eigenvalue weighted by molar-refractivity contribution is -0.161. The average Bonchev–Trinajstić information content (AvgIpc) is 2.46. The topological polar surface area (TPSA) is 61.8 Å². The first-order chi connectivity index (χ1) is 10.5. The van der Waals surface area contributed by atoms with E-state index in [2.05, 4.69) is 18.8 Å². The van der Waals surface area contributed by atoms with E-state index >= 15 is 0 Å². The van der Waals surface area contributed by atoms with E-state index in [0.717, 1.165) is 19.3 Å². The minimum absolute atomic E-state index is 0.0334. The summed E-state index contributed by atoms with van der Waals surface area (Å²) in [4.78, 5) is 22.0. The van der Waals surface area contributed by atoms with E-state index < -0.39 is 24.1 Å². The summed E-state index contributed by atoms with van der Waals surface area (Å²) in [6.45, 7) is 4.84. The fraction of sp³-hybridized carbons (Fsp3) is 0.647. The van der Waals surface area contributed by atoms with Crippen molar-refractivity contribution in [2.24, 2.45) is 0 Å². The molecule has 0 amide bonds. The van der Waals surface area contributed by atoms with E-state index in [1.807, 2.05) is 0 Å². The number of unbranched alkanes of at least 4 members (excludes halogenated alkanes) is 3. The molecule has 0 aromatic heterocycles. The molecule has 0 aromatic carbocycles. The molecule has 1 heterocycles. The predicted octanol–water partition coefficient (Wildman–Crippen LogP) is 2.39. The summed E-state index contributed by atoms with van der Waals surface area (Å²) in [5.74, 6) is 5.31. The molecule has 22 heavy (non-hydrogen) atoms. The highest BCUT2D eigenvalue weighted by atomic mass is 16.6. The molecule has 3 atom stereocenters. The van der Waals surface area contributed by atoms with Crippen molar-refractivity contribution in [1.82, 2.24) is 0 Å². The molecule has 5 nitrogen and oxygen atoms in total. The first kappa shape index (κ1) is 18.2. The molecular formula is C17H24O5. The van der Waals surface area contributed by atoms with Gasteiger partial charge >= 0.3 is 11.9 Å². The molecule has 1 aliphatic heterocycles. The van der Waals surface area contributed by atoms with Gasteiger partial charge in [0.2, 0.25) is 0 Å². The number of carbonyl (C=O) groups is 2. The predicted molar refractivity (Wildman–Crippen MR) is 81.9 cm³/mol. The molecule has 0 N–H and O–H groups in total. The lowest BCUT2D eigenvalue weighted by Crippen LogP contribution is -2.41. The van der Waals surface area contributed by atoms with E-state index in [-0.39, 0.29) is 12.7 Å². The summed E-state index contributed by atoms with van der Waals surface area (Å²) in [5, 5.41) is 0. The maximum atomic E-state index is 11.1. The molecule has 0 saturated carbocycles. The SMILES string of the molecule is CCCCCC#C[C@@H]1C=C[C@@H](OC(C)=O)[C@@H](COC(C)=O)O1. The lowest BCUT2D eigenvalue weighted by atomic mass is 10.1. The van der Waals surface area contributed by atoms with Crippen molar-refractivity contribution in [2.45, 2.75) is 64.8 Å². The van der Waals surface area contributed by atoms with Gasteiger partial charge in [-0.05, 0) is 18.6 Å². The first-order valence-corrected chi connectivity index (χ1v) is 7.65. The van der Waals surface area contributed by atoms with Gasteiger partial charge in [-0.15, -0.1) is 5.92 Å². The van der Waals surface area contributed by atoms with Gasteiger partial charge in [0.05, 0.1) is 0 Å². The van der Waals surface area contributed by atoms with Crippen molar-refractivity contribution in [3.63, 3.8) is 0 Å². The highest BCUT2D eigenvalue weighted by Crippen LogP contribution is 2.17. The van der Waals surface area contributed by atoms with Crippen LogP contribution in [0.15, 0.2) is 12.2 Å². The van der Waals surface area contributed by atoms with Gasteiger partial charge in [0, 0.05) is 20.3 Å². The molecule has 1 rings (SSSR count). The van der Waals surface area contributed by atoms with Gasteiger partial charge in [-0.1, -0.05) is 25.7 Å². The van der Waals surface area contributed by atoms with E-state index in [1.165, 1.54) is 20.3 Å². The molecule has 0 saturated heterocycles. The summed E-state index contributed by atoms with van der Waals surface area (Å²) >= 11 is 0. The number of esters is 2. The number of hydrogen-bond donors (Lipinski definition) is 0. The third-order valence-corrected chi connectivity index (χ3v) is 3.07. The Labute approximate surface area is 132 Å². The Hall–Kier alpha value is -1.80. The first-order valence-electron chi connectivity index (χ1n) is 7.65. The third-order valence-electron chi connectivity index (χ3n) is 3.07. The largest absolute Gasteiger partial charge is 0.463 e. The van der Waals surface area contributed by atoms with Crippen LogP contribution < -0.4 is 0 Å². The van der Waals surface area contributed by atoms with Crippen LogP contribution in [0.2, 0.25) is 0 Å². The maximum Gasteiger partial charge on any atom is 0.303 e. The molecule has 122 valence electrons. The van der Waals surface area contributed by atoms with E-state index in [9.17, 15) is 9.59 Å². The van der Waals surface area contributed by atoms with Crippen LogP contribution in [0.5, 0.6) is 0 Å². The van der Waals surface area contributed by atoms with Crippen LogP contribution in [-0.4, -0.2) is 36.9 Å². The van der Waals surface area contributed by atoms with Crippen LogP contribution in [0.25, 0.3) is 0 Å². The fourth-order valence-corrected chi connectivity index (χ4v) is 2.00. The number of rotatable bonds is 6. The number of ether oxygens (including phenoxy) is 3. The Morgan fingerprint density at radius 3 is 2.59 bits per heavy atom. The third kappa shape index (κ3) is 7.28. The zero-order chi connectivity index (χ0) is 16.4. The molecule has 5 heteroatoms. The monoisotopic (exact) mass is 308 g/mol. The van der Waals surface area contributed by atoms with Crippen LogP contribution in [0.4, 0.5) is 0 Å². The van der Waals surface area contributed by atoms with Crippen LogP contribution in [0.1, 0.15) is 46.5 Å². The van der Waals surface area contributed by atoms with Crippen molar-refractivity contribution in [2.75, 3.05) is 6.61 Å². The second-order valence-corrected chi connectivity index (χ2v) is 5.13. The highest BCUT2D eigenvalue weighted by Gasteiger charge is 2.29. The van der Waals surface area contributed by atoms with Gasteiger partial charge in [0.25, 0.3) is 0 Å². The smallest absolute Gasteiger partial charge is 0.303 e. The van der Waals surface area contributed by atoms with Gasteiger partial charge in [0.1, 0.15) is 24.9 Å². The normalized spacial score (nSPS) is 23.3. The van der Waals surface area contributed by atoms with Crippen LogP contribution in [0.3, 0.4) is 0 Å². The Kier molecular flexibility index (Phi) is 8.31. The summed E-state index contributed by atoms with van der Waals surface area (Å²) in [7, 11) is 0. The zero-order valence-corrected chi connectivity index (χ0v) is 13.5. The molecular weight excluding hydrogens is 284 g/mol. The summed E-state index contributed by atoms with van der Waals surface area (Å²) < 4.78 is 15.9. The summed E-state index contributed by atoms with van der Waals surface area (Å²) in [5.41, 5.74) is 0. The standard InChI is InChI=1S/C17H24O5/c1-4-5-6-7-8-9-15-10-11-16(21-14(3)19)17(22-15)12-20-13(2)18/h10-11,15-17H,4-7,12H2,1-3H3/t15-,16-,17-/m1/s1. The van der Waals surface area contributed by atoms with E-state index in [1.54, 1.807) is 12.2 Å². The van der Waals surface area contributed by atoms with Gasteiger partial charge in [0.15, 0.2) is 0 Å². The van der Waals surface area contributed by atoms with Crippen molar-refractivity contribution in [1.29, 1.82) is 0 Å². The summed E-state index contributed by atoms with van der Waals surface area (Å²) in [6.07, 6.45) is 6.29. The van der Waals surface area contributed by atoms with Crippen molar-refractivity contribution >= 4 is 11.9 Å². The summed E-state index contributed by atoms with van der Waals surface area (Å²) in [6, 6.07) is 0. The number of hydrogen-bond acceptors (Lipinski definition) is 5. The van der Waals surface area contributed by atoms with E-state index in [0.29, 0.717) is 0 Å². The molecule has 0 fully saturated rings.